The van der Waals surface area contributed by atoms with Crippen LogP contribution in [0.2, 0.25) is 0 Å². The molecule has 2 rings (SSSR count). The smallest absolute Gasteiger partial charge is 0.331 e. The minimum atomic E-state index is -3.70. The lowest BCUT2D eigenvalue weighted by atomic mass is 10.0. The van der Waals surface area contributed by atoms with Crippen LogP contribution in [0, 0.1) is 12.8 Å². The van der Waals surface area contributed by atoms with Crippen LogP contribution < -0.4 is 5.14 Å². The van der Waals surface area contributed by atoms with Gasteiger partial charge in [0.15, 0.2) is 6.04 Å². The molecule has 22 heavy (non-hydrogen) atoms. The molecule has 1 saturated heterocycles. The third-order valence-corrected chi connectivity index (χ3v) is 4.67. The number of rotatable bonds is 5. The third kappa shape index (κ3) is 3.63. The van der Waals surface area contributed by atoms with Gasteiger partial charge in [-0.15, -0.1) is 0 Å². The van der Waals surface area contributed by atoms with Crippen molar-refractivity contribution in [1.82, 2.24) is 4.90 Å². The van der Waals surface area contributed by atoms with Crippen molar-refractivity contribution in [3.63, 3.8) is 0 Å². The molecule has 2 atom stereocenters. The molecule has 0 aromatic heterocycles. The van der Waals surface area contributed by atoms with E-state index in [2.05, 4.69) is 0 Å². The number of carboxylic acid groups (broad SMARTS) is 1. The van der Waals surface area contributed by atoms with Gasteiger partial charge in [0.25, 0.3) is 0 Å². The Balaban J connectivity index is 2.29. The molecule has 0 saturated carbocycles. The van der Waals surface area contributed by atoms with E-state index in [0.717, 1.165) is 5.56 Å². The summed E-state index contributed by atoms with van der Waals surface area (Å²) in [6.45, 7) is 1.84. The maximum absolute atomic E-state index is 12.1. The summed E-state index contributed by atoms with van der Waals surface area (Å²) in [6.07, 6.45) is -0.00785. The molecular weight excluding hydrogens is 308 g/mol. The molecule has 8 heteroatoms. The first kappa shape index (κ1) is 16.4. The van der Waals surface area contributed by atoms with Gasteiger partial charge in [0, 0.05) is 18.9 Å². The maximum Gasteiger partial charge on any atom is 0.331 e. The number of hydrogen-bond donors (Lipinski definition) is 2. The summed E-state index contributed by atoms with van der Waals surface area (Å²) >= 11 is 0. The summed E-state index contributed by atoms with van der Waals surface area (Å²) in [4.78, 5) is 25.0. The van der Waals surface area contributed by atoms with E-state index in [9.17, 15) is 23.1 Å². The monoisotopic (exact) mass is 326 g/mol. The first-order valence-corrected chi connectivity index (χ1v) is 8.49. The van der Waals surface area contributed by atoms with Crippen LogP contribution in [-0.4, -0.2) is 42.6 Å². The Morgan fingerprint density at radius 2 is 2.09 bits per heavy atom. The molecule has 1 amide bonds. The van der Waals surface area contributed by atoms with Crippen molar-refractivity contribution in [1.29, 1.82) is 0 Å². The van der Waals surface area contributed by atoms with Gasteiger partial charge < -0.3 is 10.0 Å². The molecule has 3 N–H and O–H groups in total. The zero-order chi connectivity index (χ0) is 16.5. The van der Waals surface area contributed by atoms with Crippen LogP contribution in [0.3, 0.4) is 0 Å². The van der Waals surface area contributed by atoms with E-state index in [1.165, 1.54) is 4.90 Å². The van der Waals surface area contributed by atoms with E-state index < -0.39 is 28.0 Å². The van der Waals surface area contributed by atoms with Gasteiger partial charge in [-0.3, -0.25) is 4.79 Å². The third-order valence-electron chi connectivity index (χ3n) is 3.74. The zero-order valence-corrected chi connectivity index (χ0v) is 12.9. The van der Waals surface area contributed by atoms with Gasteiger partial charge in [-0.25, -0.2) is 18.4 Å². The van der Waals surface area contributed by atoms with Crippen molar-refractivity contribution in [2.45, 2.75) is 19.4 Å². The highest BCUT2D eigenvalue weighted by molar-refractivity contribution is 7.89. The lowest BCUT2D eigenvalue weighted by Gasteiger charge is -2.26. The van der Waals surface area contributed by atoms with Crippen molar-refractivity contribution in [2.24, 2.45) is 11.1 Å². The maximum atomic E-state index is 12.1. The lowest BCUT2D eigenvalue weighted by Crippen LogP contribution is -2.36. The first-order chi connectivity index (χ1) is 10.2. The second-order valence-electron chi connectivity index (χ2n) is 5.54. The molecule has 7 nitrogen and oxygen atoms in total. The van der Waals surface area contributed by atoms with Crippen LogP contribution >= 0.6 is 0 Å². The van der Waals surface area contributed by atoms with Crippen molar-refractivity contribution in [2.75, 3.05) is 12.3 Å². The molecule has 1 aliphatic rings. The zero-order valence-electron chi connectivity index (χ0n) is 12.1. The predicted molar refractivity (Wildman–Crippen MR) is 79.4 cm³/mol. The molecule has 1 aromatic rings. The van der Waals surface area contributed by atoms with Gasteiger partial charge in [-0.2, -0.15) is 0 Å². The summed E-state index contributed by atoms with van der Waals surface area (Å²) in [5.74, 6) is -2.31. The Morgan fingerprint density at radius 3 is 2.64 bits per heavy atom. The number of benzene rings is 1. The molecule has 1 heterocycles. The number of sulfonamides is 1. The number of aryl methyl sites for hydroxylation is 1. The largest absolute Gasteiger partial charge is 0.479 e. The first-order valence-electron chi connectivity index (χ1n) is 6.77. The van der Waals surface area contributed by atoms with Crippen LogP contribution in [0.4, 0.5) is 0 Å². The van der Waals surface area contributed by atoms with E-state index in [4.69, 9.17) is 5.14 Å². The number of primary sulfonamides is 1. The highest BCUT2D eigenvalue weighted by Gasteiger charge is 2.40. The minimum absolute atomic E-state index is 0.00785. The normalized spacial score (nSPS) is 20.2. The molecule has 0 spiro atoms. The Morgan fingerprint density at radius 1 is 1.45 bits per heavy atom. The fourth-order valence-corrected chi connectivity index (χ4v) is 3.71. The van der Waals surface area contributed by atoms with Crippen molar-refractivity contribution in [3.8, 4) is 0 Å². The van der Waals surface area contributed by atoms with Gasteiger partial charge in [0.2, 0.25) is 15.9 Å². The van der Waals surface area contributed by atoms with Gasteiger partial charge >= 0.3 is 5.97 Å². The summed E-state index contributed by atoms with van der Waals surface area (Å²) < 4.78 is 22.3. The lowest BCUT2D eigenvalue weighted by molar-refractivity contribution is -0.148. The topological polar surface area (TPSA) is 118 Å². The molecule has 0 aliphatic carbocycles. The number of nitrogens with zero attached hydrogens (tertiary/aromatic N) is 1. The number of aliphatic carboxylic acids is 1. The number of nitrogens with two attached hydrogens (primary N) is 1. The Hall–Kier alpha value is -1.93. The number of hydrogen-bond acceptors (Lipinski definition) is 4. The van der Waals surface area contributed by atoms with Gasteiger partial charge in [0.1, 0.15) is 0 Å². The fraction of sp³-hybridized carbons (Fsp3) is 0.429. The number of amides is 1. The van der Waals surface area contributed by atoms with Gasteiger partial charge in [-0.05, 0) is 18.1 Å². The van der Waals surface area contributed by atoms with Crippen LogP contribution in [0.25, 0.3) is 0 Å². The average molecular weight is 326 g/mol. The second kappa shape index (κ2) is 6.05. The van der Waals surface area contributed by atoms with E-state index in [1.807, 2.05) is 0 Å². The Labute approximate surface area is 128 Å². The molecule has 0 radical (unpaired) electrons. The van der Waals surface area contributed by atoms with Gasteiger partial charge in [-0.1, -0.05) is 24.3 Å². The summed E-state index contributed by atoms with van der Waals surface area (Å²) in [5, 5.41) is 14.5. The SMILES string of the molecule is Cc1ccccc1C(C(=O)O)N1CC(CS(N)(=O)=O)CC1=O. The van der Waals surface area contributed by atoms with E-state index in [-0.39, 0.29) is 24.6 Å². The van der Waals surface area contributed by atoms with Crippen molar-refractivity contribution >= 4 is 21.9 Å². The van der Waals surface area contributed by atoms with E-state index in [0.29, 0.717) is 5.56 Å². The van der Waals surface area contributed by atoms with Crippen LogP contribution in [-0.2, 0) is 19.6 Å². The van der Waals surface area contributed by atoms with Crippen molar-refractivity contribution < 1.29 is 23.1 Å². The minimum Gasteiger partial charge on any atom is -0.479 e. The molecular formula is C14H18N2O5S. The summed E-state index contributed by atoms with van der Waals surface area (Å²) in [7, 11) is -3.70. The molecule has 1 fully saturated rings. The highest BCUT2D eigenvalue weighted by atomic mass is 32.2. The predicted octanol–water partition coefficient (Wildman–Crippen LogP) is 0.258. The summed E-state index contributed by atoms with van der Waals surface area (Å²) in [6, 6.07) is 5.81. The van der Waals surface area contributed by atoms with E-state index in [1.54, 1.807) is 31.2 Å². The van der Waals surface area contributed by atoms with Crippen LogP contribution in [0.1, 0.15) is 23.6 Å². The fourth-order valence-electron chi connectivity index (χ4n) is 2.83. The van der Waals surface area contributed by atoms with Crippen molar-refractivity contribution in [3.05, 3.63) is 35.4 Å². The number of carboxylic acids is 1. The number of carbonyl (C=O) groups excluding carboxylic acids is 1. The molecule has 2 unspecified atom stereocenters. The number of likely N-dealkylation sites (tertiary alicyclic amines) is 1. The molecule has 1 aliphatic heterocycles. The Bertz CT molecular complexity index is 701. The molecule has 1 aromatic carbocycles. The molecule has 120 valence electrons. The Kier molecular flexibility index (Phi) is 4.52. The summed E-state index contributed by atoms with van der Waals surface area (Å²) in [5.41, 5.74) is 1.29. The standard InChI is InChI=1S/C14H18N2O5S/c1-9-4-2-3-5-11(9)13(14(18)19)16-7-10(6-12(16)17)8-22(15,20)21/h2-5,10,13H,6-8H2,1H3,(H,18,19)(H2,15,20,21). The second-order valence-corrected chi connectivity index (χ2v) is 7.20. The highest BCUT2D eigenvalue weighted by Crippen LogP contribution is 2.31. The van der Waals surface area contributed by atoms with E-state index >= 15 is 0 Å². The van der Waals surface area contributed by atoms with Crippen LogP contribution in [0.5, 0.6) is 0 Å². The van der Waals surface area contributed by atoms with Crippen LogP contribution in [0.15, 0.2) is 24.3 Å². The molecule has 0 bridgehead atoms. The quantitative estimate of drug-likeness (QED) is 0.804. The van der Waals surface area contributed by atoms with Gasteiger partial charge in [0.05, 0.1) is 5.75 Å². The average Bonchev–Trinajstić information content (AvgIpc) is 2.70. The number of carbonyl (C=O) groups is 2.